The standard InChI is InChI=1S/C16H10F2N2O3/c1-7-4-12-14(16(21)22-7)13(10(6-19)15(20)23-12)9-3-2-8(17)5-11(9)18/h2-5,13H,20H2,1H3. The molecule has 0 fully saturated rings. The third-order valence-corrected chi connectivity index (χ3v) is 3.53. The predicted octanol–water partition coefficient (Wildman–Crippen LogP) is 2.44. The zero-order chi connectivity index (χ0) is 16.7. The number of nitriles is 1. The smallest absolute Gasteiger partial charge is 0.343 e. The highest BCUT2D eigenvalue weighted by Gasteiger charge is 2.35. The highest BCUT2D eigenvalue weighted by atomic mass is 19.1. The Hall–Kier alpha value is -3.14. The van der Waals surface area contributed by atoms with E-state index in [0.29, 0.717) is 6.07 Å². The summed E-state index contributed by atoms with van der Waals surface area (Å²) in [4.78, 5) is 12.2. The van der Waals surface area contributed by atoms with Gasteiger partial charge in [0.05, 0.1) is 11.5 Å². The van der Waals surface area contributed by atoms with Crippen LogP contribution in [0.4, 0.5) is 8.78 Å². The second-order valence-electron chi connectivity index (χ2n) is 5.01. The molecule has 1 aliphatic heterocycles. The Kier molecular flexibility index (Phi) is 3.37. The van der Waals surface area contributed by atoms with Gasteiger partial charge in [-0.1, -0.05) is 6.07 Å². The van der Waals surface area contributed by atoms with Crippen molar-refractivity contribution in [1.29, 1.82) is 5.26 Å². The Labute approximate surface area is 129 Å². The Morgan fingerprint density at radius 3 is 2.70 bits per heavy atom. The van der Waals surface area contributed by atoms with Gasteiger partial charge in [0.15, 0.2) is 0 Å². The van der Waals surface area contributed by atoms with Crippen LogP contribution < -0.4 is 16.1 Å². The molecule has 7 heteroatoms. The van der Waals surface area contributed by atoms with E-state index in [1.807, 2.05) is 6.07 Å². The first-order chi connectivity index (χ1) is 10.9. The number of halogens is 2. The maximum atomic E-state index is 14.2. The van der Waals surface area contributed by atoms with Gasteiger partial charge in [-0.15, -0.1) is 0 Å². The second-order valence-corrected chi connectivity index (χ2v) is 5.01. The van der Waals surface area contributed by atoms with Gasteiger partial charge in [0.1, 0.15) is 34.8 Å². The fourth-order valence-electron chi connectivity index (χ4n) is 2.56. The molecule has 2 N–H and O–H groups in total. The molecule has 1 atom stereocenters. The summed E-state index contributed by atoms with van der Waals surface area (Å²) < 4.78 is 37.6. The summed E-state index contributed by atoms with van der Waals surface area (Å²) in [6.07, 6.45) is 0. The molecular formula is C16H10F2N2O3. The molecule has 3 rings (SSSR count). The SMILES string of the molecule is Cc1cc2c(c(=O)o1)C(c1ccc(F)cc1F)C(C#N)=C(N)O2. The van der Waals surface area contributed by atoms with Crippen molar-refractivity contribution in [1.82, 2.24) is 0 Å². The normalized spacial score (nSPS) is 16.5. The number of allylic oxidation sites excluding steroid dienone is 1. The first-order valence-corrected chi connectivity index (χ1v) is 6.59. The molecule has 0 amide bonds. The molecule has 2 aromatic rings. The number of hydrogen-bond donors (Lipinski definition) is 1. The van der Waals surface area contributed by atoms with Crippen molar-refractivity contribution in [2.24, 2.45) is 5.73 Å². The fraction of sp³-hybridized carbons (Fsp3) is 0.125. The molecule has 0 aliphatic carbocycles. The van der Waals surface area contributed by atoms with Crippen molar-refractivity contribution >= 4 is 0 Å². The van der Waals surface area contributed by atoms with Gasteiger partial charge in [-0.25, -0.2) is 13.6 Å². The Morgan fingerprint density at radius 1 is 1.30 bits per heavy atom. The average Bonchev–Trinajstić information content (AvgIpc) is 2.45. The van der Waals surface area contributed by atoms with Crippen LogP contribution in [-0.2, 0) is 0 Å². The van der Waals surface area contributed by atoms with Gasteiger partial charge in [-0.3, -0.25) is 0 Å². The summed E-state index contributed by atoms with van der Waals surface area (Å²) in [5, 5.41) is 9.31. The highest BCUT2D eigenvalue weighted by Crippen LogP contribution is 2.41. The van der Waals surface area contributed by atoms with E-state index < -0.39 is 23.2 Å². The molecule has 1 unspecified atom stereocenters. The van der Waals surface area contributed by atoms with E-state index in [1.54, 1.807) is 0 Å². The minimum atomic E-state index is -1.12. The van der Waals surface area contributed by atoms with Crippen LogP contribution in [0, 0.1) is 29.9 Å². The van der Waals surface area contributed by atoms with Crippen molar-refractivity contribution < 1.29 is 17.9 Å². The molecule has 1 aromatic carbocycles. The zero-order valence-corrected chi connectivity index (χ0v) is 11.9. The van der Waals surface area contributed by atoms with Crippen molar-refractivity contribution in [2.45, 2.75) is 12.8 Å². The van der Waals surface area contributed by atoms with Crippen LogP contribution in [0.5, 0.6) is 5.75 Å². The predicted molar refractivity (Wildman–Crippen MR) is 75.4 cm³/mol. The Bertz CT molecular complexity index is 941. The van der Waals surface area contributed by atoms with Gasteiger partial charge < -0.3 is 14.9 Å². The maximum absolute atomic E-state index is 14.2. The summed E-state index contributed by atoms with van der Waals surface area (Å²) in [7, 11) is 0. The number of ether oxygens (including phenoxy) is 1. The van der Waals surface area contributed by atoms with Crippen molar-refractivity contribution in [3.63, 3.8) is 0 Å². The van der Waals surface area contributed by atoms with Crippen molar-refractivity contribution in [2.75, 3.05) is 0 Å². The van der Waals surface area contributed by atoms with Crippen molar-refractivity contribution in [3.05, 3.63) is 74.7 Å². The molecular weight excluding hydrogens is 306 g/mol. The molecule has 1 aromatic heterocycles. The van der Waals surface area contributed by atoms with Crippen molar-refractivity contribution in [3.8, 4) is 11.8 Å². The number of benzene rings is 1. The molecule has 0 spiro atoms. The molecule has 0 bridgehead atoms. The number of rotatable bonds is 1. The minimum absolute atomic E-state index is 0.0492. The van der Waals surface area contributed by atoms with Crippen LogP contribution >= 0.6 is 0 Å². The zero-order valence-electron chi connectivity index (χ0n) is 11.9. The van der Waals surface area contributed by atoms with Gasteiger partial charge in [0.2, 0.25) is 5.88 Å². The number of hydrogen-bond acceptors (Lipinski definition) is 5. The summed E-state index contributed by atoms with van der Waals surface area (Å²) in [5.74, 6) is -2.67. The maximum Gasteiger partial charge on any atom is 0.343 e. The lowest BCUT2D eigenvalue weighted by Gasteiger charge is -2.25. The summed E-state index contributed by atoms with van der Waals surface area (Å²) in [5.41, 5.74) is 4.70. The lowest BCUT2D eigenvalue weighted by molar-refractivity contribution is 0.370. The van der Waals surface area contributed by atoms with Crippen LogP contribution in [0.2, 0.25) is 0 Å². The summed E-state index contributed by atoms with van der Waals surface area (Å²) in [6, 6.07) is 6.11. The van der Waals surface area contributed by atoms with E-state index in [-0.39, 0.29) is 34.1 Å². The topological polar surface area (TPSA) is 89.2 Å². The van der Waals surface area contributed by atoms with Gasteiger partial charge in [-0.05, 0) is 13.0 Å². The van der Waals surface area contributed by atoms with Crippen LogP contribution in [-0.4, -0.2) is 0 Å². The van der Waals surface area contributed by atoms with Crippen LogP contribution in [0.1, 0.15) is 22.8 Å². The lowest BCUT2D eigenvalue weighted by atomic mass is 9.84. The average molecular weight is 316 g/mol. The number of nitrogens with two attached hydrogens (primary N) is 1. The first kappa shape index (κ1) is 14.8. The Morgan fingerprint density at radius 2 is 2.04 bits per heavy atom. The molecule has 116 valence electrons. The third-order valence-electron chi connectivity index (χ3n) is 3.53. The lowest BCUT2D eigenvalue weighted by Crippen LogP contribution is -2.26. The molecule has 5 nitrogen and oxygen atoms in total. The summed E-state index contributed by atoms with van der Waals surface area (Å²) >= 11 is 0. The van der Waals surface area contributed by atoms with Gasteiger partial charge in [0, 0.05) is 17.7 Å². The van der Waals surface area contributed by atoms with E-state index in [9.17, 15) is 18.8 Å². The quantitative estimate of drug-likeness (QED) is 0.873. The number of fused-ring (bicyclic) bond motifs is 1. The largest absolute Gasteiger partial charge is 0.440 e. The molecule has 2 heterocycles. The minimum Gasteiger partial charge on any atom is -0.440 e. The molecule has 0 saturated heterocycles. The fourth-order valence-corrected chi connectivity index (χ4v) is 2.56. The molecule has 1 aliphatic rings. The molecule has 23 heavy (non-hydrogen) atoms. The van der Waals surface area contributed by atoms with Gasteiger partial charge in [0.25, 0.3) is 0 Å². The first-order valence-electron chi connectivity index (χ1n) is 6.59. The van der Waals surface area contributed by atoms with E-state index in [2.05, 4.69) is 0 Å². The Balaban J connectivity index is 2.34. The monoisotopic (exact) mass is 316 g/mol. The van der Waals surface area contributed by atoms with Gasteiger partial charge in [-0.2, -0.15) is 5.26 Å². The van der Waals surface area contributed by atoms with E-state index >= 15 is 0 Å². The number of aryl methyl sites for hydroxylation is 1. The second kappa shape index (κ2) is 5.25. The summed E-state index contributed by atoms with van der Waals surface area (Å²) in [6.45, 7) is 1.54. The van der Waals surface area contributed by atoms with Gasteiger partial charge >= 0.3 is 5.63 Å². The van der Waals surface area contributed by atoms with E-state index in [0.717, 1.165) is 12.1 Å². The van der Waals surface area contributed by atoms with Crippen LogP contribution in [0.25, 0.3) is 0 Å². The van der Waals surface area contributed by atoms with E-state index in [1.165, 1.54) is 13.0 Å². The number of nitrogens with zero attached hydrogens (tertiary/aromatic N) is 1. The molecule has 0 radical (unpaired) electrons. The van der Waals surface area contributed by atoms with E-state index in [4.69, 9.17) is 14.9 Å². The van der Waals surface area contributed by atoms with Crippen LogP contribution in [0.15, 0.2) is 44.9 Å². The highest BCUT2D eigenvalue weighted by molar-refractivity contribution is 5.54. The van der Waals surface area contributed by atoms with Crippen LogP contribution in [0.3, 0.4) is 0 Å². The molecule has 0 saturated carbocycles. The third kappa shape index (κ3) is 2.34.